The van der Waals surface area contributed by atoms with Gasteiger partial charge in [0.2, 0.25) is 10.0 Å². The van der Waals surface area contributed by atoms with Crippen molar-refractivity contribution in [1.82, 2.24) is 9.71 Å². The number of rotatable bonds is 6. The highest BCUT2D eigenvalue weighted by molar-refractivity contribution is 7.89. The third kappa shape index (κ3) is 3.52. The number of aromatic nitrogens is 1. The van der Waals surface area contributed by atoms with E-state index >= 15 is 0 Å². The predicted molar refractivity (Wildman–Crippen MR) is 85.9 cm³/mol. The van der Waals surface area contributed by atoms with Crippen molar-refractivity contribution in [2.75, 3.05) is 13.7 Å². The first-order valence-corrected chi connectivity index (χ1v) is 8.55. The Morgan fingerprint density at radius 2 is 1.87 bits per heavy atom. The van der Waals surface area contributed by atoms with Crippen LogP contribution in [0, 0.1) is 0 Å². The van der Waals surface area contributed by atoms with Crippen molar-refractivity contribution >= 4 is 21.1 Å². The van der Waals surface area contributed by atoms with Crippen LogP contribution < -0.4 is 9.46 Å². The highest BCUT2D eigenvalue weighted by Gasteiger charge is 2.14. The Hall–Kier alpha value is -2.38. The second-order valence-corrected chi connectivity index (χ2v) is 6.67. The van der Waals surface area contributed by atoms with Crippen LogP contribution in [0.15, 0.2) is 57.8 Å². The molecule has 0 fully saturated rings. The molecule has 0 unspecified atom stereocenters. The number of ether oxygens (including phenoxy) is 1. The summed E-state index contributed by atoms with van der Waals surface area (Å²) < 4.78 is 37.5. The summed E-state index contributed by atoms with van der Waals surface area (Å²) in [7, 11) is -2.03. The van der Waals surface area contributed by atoms with Gasteiger partial charge in [-0.3, -0.25) is 0 Å². The Morgan fingerprint density at radius 1 is 1.13 bits per heavy atom. The summed E-state index contributed by atoms with van der Waals surface area (Å²) in [5.41, 5.74) is 1.46. The number of benzene rings is 2. The summed E-state index contributed by atoms with van der Waals surface area (Å²) in [6.07, 6.45) is 0.379. The summed E-state index contributed by atoms with van der Waals surface area (Å²) in [6.45, 7) is 0.210. The molecule has 2 aromatic carbocycles. The monoisotopic (exact) mass is 332 g/mol. The lowest BCUT2D eigenvalue weighted by molar-refractivity contribution is 0.414. The fourth-order valence-electron chi connectivity index (χ4n) is 2.16. The van der Waals surface area contributed by atoms with E-state index in [9.17, 15) is 8.42 Å². The molecule has 0 saturated heterocycles. The minimum absolute atomic E-state index is 0.191. The highest BCUT2D eigenvalue weighted by atomic mass is 32.2. The number of methoxy groups -OCH3 is 1. The van der Waals surface area contributed by atoms with Crippen LogP contribution in [0.5, 0.6) is 5.75 Å². The molecule has 0 radical (unpaired) electrons. The normalized spacial score (nSPS) is 11.7. The number of sulfonamides is 1. The molecule has 0 amide bonds. The molecule has 0 atom stereocenters. The van der Waals surface area contributed by atoms with Crippen molar-refractivity contribution in [3.05, 3.63) is 54.4 Å². The van der Waals surface area contributed by atoms with Crippen LogP contribution >= 0.6 is 0 Å². The van der Waals surface area contributed by atoms with Crippen LogP contribution in [0.4, 0.5) is 0 Å². The number of para-hydroxylation sites is 2. The fourth-order valence-corrected chi connectivity index (χ4v) is 3.19. The summed E-state index contributed by atoms with van der Waals surface area (Å²) in [6, 6.07) is 13.6. The minimum Gasteiger partial charge on any atom is -0.497 e. The number of nitrogens with zero attached hydrogens (tertiary/aromatic N) is 1. The molecule has 1 N–H and O–H groups in total. The lowest BCUT2D eigenvalue weighted by Gasteiger charge is -2.06. The summed E-state index contributed by atoms with van der Waals surface area (Å²) >= 11 is 0. The molecule has 0 saturated carbocycles. The van der Waals surface area contributed by atoms with E-state index < -0.39 is 10.0 Å². The molecule has 6 nitrogen and oxygen atoms in total. The Bertz CT molecular complexity index is 868. The average Bonchev–Trinajstić information content (AvgIpc) is 2.97. The van der Waals surface area contributed by atoms with E-state index in [2.05, 4.69) is 9.71 Å². The van der Waals surface area contributed by atoms with Gasteiger partial charge in [0.15, 0.2) is 11.5 Å². The van der Waals surface area contributed by atoms with E-state index in [0.717, 1.165) is 5.52 Å². The Balaban J connectivity index is 1.64. The largest absolute Gasteiger partial charge is 0.497 e. The first kappa shape index (κ1) is 15.5. The maximum absolute atomic E-state index is 12.2. The Morgan fingerprint density at radius 3 is 2.57 bits per heavy atom. The molecular weight excluding hydrogens is 316 g/mol. The summed E-state index contributed by atoms with van der Waals surface area (Å²) in [5, 5.41) is 0. The maximum Gasteiger partial charge on any atom is 0.240 e. The fraction of sp³-hybridized carbons (Fsp3) is 0.188. The molecule has 0 bridgehead atoms. The van der Waals surface area contributed by atoms with Crippen LogP contribution in [0.25, 0.3) is 11.1 Å². The molecule has 3 aromatic rings. The first-order valence-electron chi connectivity index (χ1n) is 7.07. The number of fused-ring (bicyclic) bond motifs is 1. The van der Waals surface area contributed by atoms with Gasteiger partial charge in [-0.25, -0.2) is 18.1 Å². The topological polar surface area (TPSA) is 81.4 Å². The molecule has 0 spiro atoms. The van der Waals surface area contributed by atoms with Crippen LogP contribution in [-0.2, 0) is 16.4 Å². The average molecular weight is 332 g/mol. The van der Waals surface area contributed by atoms with Gasteiger partial charge in [0.1, 0.15) is 11.3 Å². The summed E-state index contributed by atoms with van der Waals surface area (Å²) in [5.74, 6) is 1.11. The van der Waals surface area contributed by atoms with Crippen LogP contribution in [0.3, 0.4) is 0 Å². The van der Waals surface area contributed by atoms with Crippen LogP contribution in [0.2, 0.25) is 0 Å². The molecule has 7 heteroatoms. The van der Waals surface area contributed by atoms with Gasteiger partial charge >= 0.3 is 0 Å². The lowest BCUT2D eigenvalue weighted by atomic mass is 10.3. The van der Waals surface area contributed by atoms with Crippen molar-refractivity contribution in [2.24, 2.45) is 0 Å². The zero-order valence-electron chi connectivity index (χ0n) is 12.5. The van der Waals surface area contributed by atoms with E-state index in [1.165, 1.54) is 19.2 Å². The van der Waals surface area contributed by atoms with Gasteiger partial charge in [-0.15, -0.1) is 0 Å². The van der Waals surface area contributed by atoms with Crippen molar-refractivity contribution in [1.29, 1.82) is 0 Å². The first-order chi connectivity index (χ1) is 11.1. The Labute approximate surface area is 134 Å². The second-order valence-electron chi connectivity index (χ2n) is 4.90. The number of hydrogen-bond acceptors (Lipinski definition) is 5. The Kier molecular flexibility index (Phi) is 4.31. The van der Waals surface area contributed by atoms with E-state index in [0.29, 0.717) is 23.6 Å². The number of oxazole rings is 1. The van der Waals surface area contributed by atoms with Crippen molar-refractivity contribution in [3.63, 3.8) is 0 Å². The van der Waals surface area contributed by atoms with Crippen molar-refractivity contribution in [3.8, 4) is 5.75 Å². The molecule has 0 aliphatic rings. The van der Waals surface area contributed by atoms with E-state index in [1.807, 2.05) is 24.3 Å². The smallest absolute Gasteiger partial charge is 0.240 e. The van der Waals surface area contributed by atoms with Gasteiger partial charge in [0.05, 0.1) is 12.0 Å². The third-order valence-electron chi connectivity index (χ3n) is 3.34. The highest BCUT2D eigenvalue weighted by Crippen LogP contribution is 2.16. The second kappa shape index (κ2) is 6.39. The van der Waals surface area contributed by atoms with Gasteiger partial charge < -0.3 is 9.15 Å². The van der Waals surface area contributed by atoms with Gasteiger partial charge in [-0.1, -0.05) is 12.1 Å². The van der Waals surface area contributed by atoms with E-state index in [1.54, 1.807) is 12.1 Å². The van der Waals surface area contributed by atoms with Gasteiger partial charge in [0.25, 0.3) is 0 Å². The molecule has 0 aliphatic carbocycles. The van der Waals surface area contributed by atoms with E-state index in [4.69, 9.17) is 9.15 Å². The molecule has 1 heterocycles. The predicted octanol–water partition coefficient (Wildman–Crippen LogP) is 2.36. The molecule has 3 rings (SSSR count). The van der Waals surface area contributed by atoms with E-state index in [-0.39, 0.29) is 11.4 Å². The van der Waals surface area contributed by atoms with Gasteiger partial charge in [0, 0.05) is 13.0 Å². The third-order valence-corrected chi connectivity index (χ3v) is 4.82. The zero-order chi connectivity index (χ0) is 16.3. The lowest BCUT2D eigenvalue weighted by Crippen LogP contribution is -2.26. The van der Waals surface area contributed by atoms with Gasteiger partial charge in [-0.2, -0.15) is 0 Å². The molecule has 1 aromatic heterocycles. The minimum atomic E-state index is -3.56. The number of nitrogens with one attached hydrogen (secondary N) is 1. The summed E-state index contributed by atoms with van der Waals surface area (Å²) in [4.78, 5) is 4.50. The SMILES string of the molecule is COc1ccc(S(=O)(=O)NCCc2nc3ccccc3o2)cc1. The molecular formula is C16H16N2O4S. The maximum atomic E-state index is 12.2. The number of hydrogen-bond donors (Lipinski definition) is 1. The zero-order valence-corrected chi connectivity index (χ0v) is 13.3. The molecule has 120 valence electrons. The van der Waals surface area contributed by atoms with Crippen LogP contribution in [0.1, 0.15) is 5.89 Å². The van der Waals surface area contributed by atoms with Crippen LogP contribution in [-0.4, -0.2) is 27.1 Å². The standard InChI is InChI=1S/C16H16N2O4S/c1-21-12-6-8-13(9-7-12)23(19,20)17-11-10-16-18-14-4-2-3-5-15(14)22-16/h2-9,17H,10-11H2,1H3. The quantitative estimate of drug-likeness (QED) is 0.749. The molecule has 0 aliphatic heterocycles. The van der Waals surface area contributed by atoms with Crippen molar-refractivity contribution < 1.29 is 17.6 Å². The van der Waals surface area contributed by atoms with Gasteiger partial charge in [-0.05, 0) is 36.4 Å². The van der Waals surface area contributed by atoms with Crippen molar-refractivity contribution in [2.45, 2.75) is 11.3 Å². The molecule has 23 heavy (non-hydrogen) atoms.